The second-order valence-electron chi connectivity index (χ2n) is 3.32. The fraction of sp³-hybridized carbons (Fsp3) is 0.875. The van der Waals surface area contributed by atoms with E-state index < -0.39 is 0 Å². The van der Waals surface area contributed by atoms with Crippen LogP contribution in [0.15, 0.2) is 0 Å². The van der Waals surface area contributed by atoms with E-state index in [1.807, 2.05) is 0 Å². The Morgan fingerprint density at radius 1 is 1.33 bits per heavy atom. The molecule has 2 fully saturated rings. The molecule has 3 atom stereocenters. The third-order valence-corrected chi connectivity index (χ3v) is 2.95. The molecule has 0 N–H and O–H groups in total. The van der Waals surface area contributed by atoms with Gasteiger partial charge in [-0.05, 0) is 30.6 Å². The zero-order valence-corrected chi connectivity index (χ0v) is 5.55. The van der Waals surface area contributed by atoms with E-state index in [1.165, 1.54) is 19.3 Å². The summed E-state index contributed by atoms with van der Waals surface area (Å²) in [6, 6.07) is 0. The van der Waals surface area contributed by atoms with E-state index >= 15 is 0 Å². The molecule has 0 spiro atoms. The van der Waals surface area contributed by atoms with Crippen LogP contribution in [-0.4, -0.2) is 6.29 Å². The highest BCUT2D eigenvalue weighted by Crippen LogP contribution is 2.58. The molecule has 9 heavy (non-hydrogen) atoms. The number of carbonyl (C=O) groups excluding carboxylic acids is 1. The summed E-state index contributed by atoms with van der Waals surface area (Å²) in [7, 11) is 0. The van der Waals surface area contributed by atoms with Crippen LogP contribution in [0.2, 0.25) is 0 Å². The quantitative estimate of drug-likeness (QED) is 0.511. The summed E-state index contributed by atoms with van der Waals surface area (Å²) in [6.45, 7) is 0. The molecule has 1 nitrogen and oxygen atoms in total. The van der Waals surface area contributed by atoms with Crippen molar-refractivity contribution in [3.8, 4) is 0 Å². The topological polar surface area (TPSA) is 17.1 Å². The Bertz CT molecular complexity index is 121. The molecule has 0 amide bonds. The van der Waals surface area contributed by atoms with E-state index in [2.05, 4.69) is 0 Å². The van der Waals surface area contributed by atoms with Crippen molar-refractivity contribution in [3.63, 3.8) is 0 Å². The molecule has 1 unspecified atom stereocenters. The van der Waals surface area contributed by atoms with Gasteiger partial charge in [0.1, 0.15) is 6.29 Å². The lowest BCUT2D eigenvalue weighted by Gasteiger charge is -1.94. The molecule has 2 saturated carbocycles. The van der Waals surface area contributed by atoms with Gasteiger partial charge in [0.15, 0.2) is 0 Å². The minimum Gasteiger partial charge on any atom is -0.303 e. The van der Waals surface area contributed by atoms with E-state index in [0.29, 0.717) is 0 Å². The predicted octanol–water partition coefficient (Wildman–Crippen LogP) is 1.62. The monoisotopic (exact) mass is 124 g/mol. The van der Waals surface area contributed by atoms with Crippen LogP contribution in [0.4, 0.5) is 0 Å². The zero-order chi connectivity index (χ0) is 6.27. The Morgan fingerprint density at radius 3 is 2.56 bits per heavy atom. The summed E-state index contributed by atoms with van der Waals surface area (Å²) in [5.74, 6) is 2.75. The lowest BCUT2D eigenvalue weighted by Crippen LogP contribution is -1.87. The van der Waals surface area contributed by atoms with Gasteiger partial charge in [-0.1, -0.05) is 6.42 Å². The zero-order valence-electron chi connectivity index (χ0n) is 5.55. The fourth-order valence-electron chi connectivity index (χ4n) is 2.43. The molecule has 0 aromatic rings. The van der Waals surface area contributed by atoms with Gasteiger partial charge >= 0.3 is 0 Å². The highest BCUT2D eigenvalue weighted by atomic mass is 16.1. The fourth-order valence-corrected chi connectivity index (χ4v) is 2.43. The van der Waals surface area contributed by atoms with E-state index in [9.17, 15) is 4.79 Å². The van der Waals surface area contributed by atoms with Crippen molar-refractivity contribution in [2.24, 2.45) is 17.8 Å². The molecule has 0 aromatic heterocycles. The molecule has 0 heterocycles. The first-order chi connectivity index (χ1) is 4.43. The molecule has 2 aliphatic rings. The van der Waals surface area contributed by atoms with Gasteiger partial charge in [0.2, 0.25) is 0 Å². The first kappa shape index (κ1) is 5.45. The molecule has 0 aliphatic heterocycles. The molecular formula is C8H12O. The Kier molecular flexibility index (Phi) is 1.11. The van der Waals surface area contributed by atoms with Gasteiger partial charge in [-0.3, -0.25) is 0 Å². The maximum absolute atomic E-state index is 10.1. The van der Waals surface area contributed by atoms with Crippen LogP contribution in [0, 0.1) is 17.8 Å². The minimum absolute atomic E-state index is 0.816. The van der Waals surface area contributed by atoms with Crippen LogP contribution < -0.4 is 0 Å². The molecule has 50 valence electrons. The van der Waals surface area contributed by atoms with Gasteiger partial charge in [0.25, 0.3) is 0 Å². The van der Waals surface area contributed by atoms with Gasteiger partial charge in [-0.15, -0.1) is 0 Å². The maximum Gasteiger partial charge on any atom is 0.120 e. The first-order valence-electron chi connectivity index (χ1n) is 3.87. The van der Waals surface area contributed by atoms with Gasteiger partial charge in [-0.2, -0.15) is 0 Å². The highest BCUT2D eigenvalue weighted by Gasteiger charge is 2.51. The summed E-state index contributed by atoms with van der Waals surface area (Å²) < 4.78 is 0. The van der Waals surface area contributed by atoms with Crippen LogP contribution in [0.5, 0.6) is 0 Å². The Morgan fingerprint density at radius 2 is 2.00 bits per heavy atom. The number of fused-ring (bicyclic) bond motifs is 1. The van der Waals surface area contributed by atoms with E-state index in [4.69, 9.17) is 0 Å². The number of aldehydes is 1. The van der Waals surface area contributed by atoms with Crippen LogP contribution in [0.3, 0.4) is 0 Å². The average molecular weight is 124 g/mol. The highest BCUT2D eigenvalue weighted by molar-refractivity contribution is 5.51. The second-order valence-corrected chi connectivity index (χ2v) is 3.32. The molecule has 2 rings (SSSR count). The number of rotatable bonds is 2. The second kappa shape index (κ2) is 1.83. The molecule has 0 radical (unpaired) electrons. The molecule has 0 aromatic carbocycles. The standard InChI is InChI=1S/C8H12O/c9-5-4-8-6-2-1-3-7(6)8/h5-8H,1-4H2/t6-,7+,8?. The molecule has 1 heteroatoms. The third kappa shape index (κ3) is 0.707. The normalized spacial score (nSPS) is 46.4. The summed E-state index contributed by atoms with van der Waals surface area (Å²) >= 11 is 0. The van der Waals surface area contributed by atoms with Gasteiger partial charge in [0.05, 0.1) is 0 Å². The summed E-state index contributed by atoms with van der Waals surface area (Å²) in [4.78, 5) is 10.1. The Hall–Kier alpha value is -0.330. The number of hydrogen-bond acceptors (Lipinski definition) is 1. The molecule has 2 aliphatic carbocycles. The summed E-state index contributed by atoms with van der Waals surface area (Å²) in [5, 5.41) is 0. The lowest BCUT2D eigenvalue weighted by molar-refractivity contribution is -0.108. The van der Waals surface area contributed by atoms with Crippen molar-refractivity contribution in [1.29, 1.82) is 0 Å². The van der Waals surface area contributed by atoms with Crippen molar-refractivity contribution >= 4 is 6.29 Å². The van der Waals surface area contributed by atoms with Crippen molar-refractivity contribution in [2.45, 2.75) is 25.7 Å². The first-order valence-corrected chi connectivity index (χ1v) is 3.87. The van der Waals surface area contributed by atoms with E-state index in [0.717, 1.165) is 30.5 Å². The van der Waals surface area contributed by atoms with Crippen LogP contribution in [-0.2, 0) is 4.79 Å². The molecular weight excluding hydrogens is 112 g/mol. The van der Waals surface area contributed by atoms with Crippen LogP contribution in [0.1, 0.15) is 25.7 Å². The van der Waals surface area contributed by atoms with Crippen molar-refractivity contribution in [2.75, 3.05) is 0 Å². The number of carbonyl (C=O) groups is 1. The van der Waals surface area contributed by atoms with Crippen molar-refractivity contribution < 1.29 is 4.79 Å². The lowest BCUT2D eigenvalue weighted by atomic mass is 10.1. The van der Waals surface area contributed by atoms with E-state index in [-0.39, 0.29) is 0 Å². The van der Waals surface area contributed by atoms with Gasteiger partial charge in [0, 0.05) is 6.42 Å². The average Bonchev–Trinajstić information content (AvgIpc) is 2.39. The third-order valence-electron chi connectivity index (χ3n) is 2.95. The van der Waals surface area contributed by atoms with Crippen LogP contribution >= 0.6 is 0 Å². The van der Waals surface area contributed by atoms with Crippen LogP contribution in [0.25, 0.3) is 0 Å². The SMILES string of the molecule is O=CCC1[C@H]2CCC[C@@H]12. The predicted molar refractivity (Wildman–Crippen MR) is 35.0 cm³/mol. The Balaban J connectivity index is 1.87. The number of hydrogen-bond donors (Lipinski definition) is 0. The Labute approximate surface area is 55.4 Å². The minimum atomic E-state index is 0.816. The molecule has 0 bridgehead atoms. The largest absolute Gasteiger partial charge is 0.303 e. The van der Waals surface area contributed by atoms with Crippen molar-refractivity contribution in [1.82, 2.24) is 0 Å². The van der Waals surface area contributed by atoms with Gasteiger partial charge in [-0.25, -0.2) is 0 Å². The summed E-state index contributed by atoms with van der Waals surface area (Å²) in [6.07, 6.45) is 6.16. The maximum atomic E-state index is 10.1. The molecule has 0 saturated heterocycles. The van der Waals surface area contributed by atoms with Gasteiger partial charge < -0.3 is 4.79 Å². The smallest absolute Gasteiger partial charge is 0.120 e. The van der Waals surface area contributed by atoms with E-state index in [1.54, 1.807) is 0 Å². The van der Waals surface area contributed by atoms with Crippen molar-refractivity contribution in [3.05, 3.63) is 0 Å². The summed E-state index contributed by atoms with van der Waals surface area (Å²) in [5.41, 5.74) is 0.